The van der Waals surface area contributed by atoms with Crippen molar-refractivity contribution in [2.24, 2.45) is 5.92 Å². The Labute approximate surface area is 101 Å². The fourth-order valence-electron chi connectivity index (χ4n) is 1.96. The van der Waals surface area contributed by atoms with E-state index in [-0.39, 0.29) is 0 Å². The van der Waals surface area contributed by atoms with Gasteiger partial charge in [-0.1, -0.05) is 34.5 Å². The lowest BCUT2D eigenvalue weighted by atomic mass is 9.94. The number of hydrogen-bond donors (Lipinski definition) is 0. The highest BCUT2D eigenvalue weighted by Gasteiger charge is 2.21. The minimum atomic E-state index is 0.661. The summed E-state index contributed by atoms with van der Waals surface area (Å²) < 4.78 is 0. The Bertz CT molecular complexity index is 195. The summed E-state index contributed by atoms with van der Waals surface area (Å²) >= 11 is 9.32. The van der Waals surface area contributed by atoms with Gasteiger partial charge in [-0.3, -0.25) is 4.90 Å². The third kappa shape index (κ3) is 3.92. The van der Waals surface area contributed by atoms with Gasteiger partial charge in [0.1, 0.15) is 0 Å². The van der Waals surface area contributed by atoms with Gasteiger partial charge < -0.3 is 0 Å². The molecule has 0 aliphatic carbocycles. The van der Waals surface area contributed by atoms with Crippen LogP contribution in [0.1, 0.15) is 26.7 Å². The smallest absolute Gasteiger partial charge is 0.0201 e. The fraction of sp³-hybridized carbons (Fsp3) is 0.818. The number of alkyl halides is 1. The maximum atomic E-state index is 5.65. The molecule has 1 unspecified atom stereocenters. The number of halogens is 2. The average Bonchev–Trinajstić information content (AvgIpc) is 2.18. The molecule has 1 rings (SSSR count). The van der Waals surface area contributed by atoms with E-state index in [9.17, 15) is 0 Å². The van der Waals surface area contributed by atoms with E-state index < -0.39 is 0 Å². The second-order valence-electron chi connectivity index (χ2n) is 4.25. The zero-order chi connectivity index (χ0) is 10.6. The van der Waals surface area contributed by atoms with Gasteiger partial charge in [0, 0.05) is 16.9 Å². The van der Waals surface area contributed by atoms with E-state index >= 15 is 0 Å². The molecule has 3 heteroatoms. The Morgan fingerprint density at radius 3 is 2.57 bits per heavy atom. The van der Waals surface area contributed by atoms with Crippen molar-refractivity contribution in [1.29, 1.82) is 0 Å². The van der Waals surface area contributed by atoms with Gasteiger partial charge in [0.2, 0.25) is 0 Å². The molecule has 0 radical (unpaired) electrons. The van der Waals surface area contributed by atoms with E-state index in [1.54, 1.807) is 5.54 Å². The topological polar surface area (TPSA) is 3.24 Å². The summed E-state index contributed by atoms with van der Waals surface area (Å²) in [6.45, 7) is 7.80. The molecule has 0 N–H and O–H groups in total. The van der Waals surface area contributed by atoms with E-state index in [0.29, 0.717) is 4.83 Å². The molecule has 1 saturated heterocycles. The molecule has 0 spiro atoms. The zero-order valence-electron chi connectivity index (χ0n) is 8.97. The van der Waals surface area contributed by atoms with Crippen molar-refractivity contribution in [1.82, 2.24) is 4.90 Å². The van der Waals surface area contributed by atoms with E-state index in [2.05, 4.69) is 34.7 Å². The summed E-state index contributed by atoms with van der Waals surface area (Å²) in [5.41, 5.74) is 2.95. The van der Waals surface area contributed by atoms with Crippen LogP contribution in [-0.2, 0) is 0 Å². The van der Waals surface area contributed by atoms with E-state index in [0.717, 1.165) is 12.5 Å². The first-order valence-corrected chi connectivity index (χ1v) is 6.61. The first-order valence-electron chi connectivity index (χ1n) is 5.25. The second-order valence-corrected chi connectivity index (χ2v) is 5.91. The van der Waals surface area contributed by atoms with Crippen LogP contribution in [0.4, 0.5) is 0 Å². The lowest BCUT2D eigenvalue weighted by Gasteiger charge is -2.33. The van der Waals surface area contributed by atoms with Gasteiger partial charge in [0.25, 0.3) is 0 Å². The number of piperidine rings is 1. The van der Waals surface area contributed by atoms with Gasteiger partial charge in [-0.2, -0.15) is 0 Å². The quantitative estimate of drug-likeness (QED) is 0.714. The number of hydrogen-bond acceptors (Lipinski definition) is 1. The lowest BCUT2D eigenvalue weighted by molar-refractivity contribution is 0.198. The molecule has 0 bridgehead atoms. The highest BCUT2D eigenvalue weighted by atomic mass is 79.9. The molecule has 0 saturated carbocycles. The summed E-state index contributed by atoms with van der Waals surface area (Å²) in [7, 11) is 0. The van der Waals surface area contributed by atoms with Crippen LogP contribution >= 0.6 is 27.5 Å². The van der Waals surface area contributed by atoms with Crippen LogP contribution in [0, 0.1) is 5.92 Å². The van der Waals surface area contributed by atoms with Gasteiger partial charge in [-0.05, 0) is 44.3 Å². The summed E-state index contributed by atoms with van der Waals surface area (Å²) in [4.78, 5) is 3.15. The second kappa shape index (κ2) is 6.14. The van der Waals surface area contributed by atoms with Crippen LogP contribution < -0.4 is 0 Å². The Morgan fingerprint density at radius 1 is 1.57 bits per heavy atom. The van der Waals surface area contributed by atoms with Crippen molar-refractivity contribution < 1.29 is 0 Å². The van der Waals surface area contributed by atoms with Crippen molar-refractivity contribution in [3.05, 3.63) is 11.1 Å². The summed E-state index contributed by atoms with van der Waals surface area (Å²) in [5, 5.41) is 0. The van der Waals surface area contributed by atoms with Gasteiger partial charge in [-0.25, -0.2) is 0 Å². The van der Waals surface area contributed by atoms with Gasteiger partial charge in [-0.15, -0.1) is 0 Å². The van der Waals surface area contributed by atoms with Crippen molar-refractivity contribution in [2.45, 2.75) is 31.5 Å². The van der Waals surface area contributed by atoms with E-state index in [1.807, 2.05) is 0 Å². The molecule has 0 aromatic carbocycles. The van der Waals surface area contributed by atoms with E-state index in [4.69, 9.17) is 11.6 Å². The predicted octanol–water partition coefficient (Wildman–Crippen LogP) is 3.62. The molecule has 0 aromatic rings. The molecular formula is C11H19BrClN. The lowest BCUT2D eigenvalue weighted by Crippen LogP contribution is -2.36. The molecule has 1 aliphatic heterocycles. The zero-order valence-corrected chi connectivity index (χ0v) is 11.3. The Balaban J connectivity index is 2.29. The maximum absolute atomic E-state index is 5.65. The molecule has 82 valence electrons. The van der Waals surface area contributed by atoms with Crippen molar-refractivity contribution in [2.75, 3.05) is 19.6 Å². The summed E-state index contributed by atoms with van der Waals surface area (Å²) in [6, 6.07) is 0. The monoisotopic (exact) mass is 279 g/mol. The first-order chi connectivity index (χ1) is 6.63. The molecule has 0 amide bonds. The predicted molar refractivity (Wildman–Crippen MR) is 67.2 cm³/mol. The molecule has 1 atom stereocenters. The van der Waals surface area contributed by atoms with Gasteiger partial charge >= 0.3 is 0 Å². The SMILES string of the molecule is CC(=CCl)CN1CCC(C(C)Br)CC1. The van der Waals surface area contributed by atoms with Crippen LogP contribution in [0.2, 0.25) is 0 Å². The molecule has 1 aliphatic rings. The van der Waals surface area contributed by atoms with E-state index in [1.165, 1.54) is 31.5 Å². The summed E-state index contributed by atoms with van der Waals surface area (Å²) in [6.07, 6.45) is 2.62. The maximum Gasteiger partial charge on any atom is 0.0201 e. The van der Waals surface area contributed by atoms with Gasteiger partial charge in [0.15, 0.2) is 0 Å². The molecule has 1 nitrogen and oxygen atoms in total. The van der Waals surface area contributed by atoms with Crippen molar-refractivity contribution >= 4 is 27.5 Å². The first kappa shape index (κ1) is 12.5. The van der Waals surface area contributed by atoms with Gasteiger partial charge in [0.05, 0.1) is 0 Å². The Hall–Kier alpha value is 0.470. The normalized spacial score (nSPS) is 23.9. The highest BCUT2D eigenvalue weighted by Crippen LogP contribution is 2.25. The van der Waals surface area contributed by atoms with Crippen LogP contribution in [0.5, 0.6) is 0 Å². The molecule has 0 aromatic heterocycles. The third-order valence-corrected chi connectivity index (χ3v) is 4.06. The minimum absolute atomic E-state index is 0.661. The molecule has 1 heterocycles. The number of likely N-dealkylation sites (tertiary alicyclic amines) is 1. The fourth-order valence-corrected chi connectivity index (χ4v) is 2.56. The standard InChI is InChI=1S/C11H19BrClN/c1-9(7-13)8-14-5-3-11(4-6-14)10(2)12/h7,10-11H,3-6,8H2,1-2H3. The average molecular weight is 281 g/mol. The van der Waals surface area contributed by atoms with Crippen LogP contribution in [0.25, 0.3) is 0 Å². The molecule has 1 fully saturated rings. The molecular weight excluding hydrogens is 261 g/mol. The van der Waals surface area contributed by atoms with Crippen molar-refractivity contribution in [3.63, 3.8) is 0 Å². The Kier molecular flexibility index (Phi) is 5.50. The van der Waals surface area contributed by atoms with Crippen LogP contribution in [0.3, 0.4) is 0 Å². The Morgan fingerprint density at radius 2 is 2.14 bits per heavy atom. The molecule has 14 heavy (non-hydrogen) atoms. The van der Waals surface area contributed by atoms with Crippen LogP contribution in [0.15, 0.2) is 11.1 Å². The minimum Gasteiger partial charge on any atom is -0.299 e. The number of nitrogens with zero attached hydrogens (tertiary/aromatic N) is 1. The van der Waals surface area contributed by atoms with Crippen molar-refractivity contribution in [3.8, 4) is 0 Å². The summed E-state index contributed by atoms with van der Waals surface area (Å²) in [5.74, 6) is 0.853. The number of rotatable bonds is 3. The highest BCUT2D eigenvalue weighted by molar-refractivity contribution is 9.09. The largest absolute Gasteiger partial charge is 0.299 e. The third-order valence-electron chi connectivity index (χ3n) is 2.94. The van der Waals surface area contributed by atoms with Crippen LogP contribution in [-0.4, -0.2) is 29.4 Å².